The van der Waals surface area contributed by atoms with Crippen molar-refractivity contribution >= 4 is 22.9 Å². The van der Waals surface area contributed by atoms with Crippen molar-refractivity contribution in [1.82, 2.24) is 15.1 Å². The average molecular weight is 275 g/mol. The van der Waals surface area contributed by atoms with E-state index in [1.54, 1.807) is 0 Å². The Kier molecular flexibility index (Phi) is 4.73. The van der Waals surface area contributed by atoms with Gasteiger partial charge in [-0.25, -0.2) is 0 Å². The fourth-order valence-corrected chi connectivity index (χ4v) is 3.33. The lowest BCUT2D eigenvalue weighted by molar-refractivity contribution is 0.149. The second-order valence-corrected chi connectivity index (χ2v) is 6.22. The van der Waals surface area contributed by atoms with Gasteiger partial charge in [0.2, 0.25) is 4.47 Å². The molecule has 0 bridgehead atoms. The first-order chi connectivity index (χ1) is 8.19. The second kappa shape index (κ2) is 6.09. The van der Waals surface area contributed by atoms with Crippen LogP contribution in [0.15, 0.2) is 0 Å². The van der Waals surface area contributed by atoms with Gasteiger partial charge in [-0.2, -0.15) is 0 Å². The van der Waals surface area contributed by atoms with Crippen molar-refractivity contribution in [2.24, 2.45) is 5.73 Å². The summed E-state index contributed by atoms with van der Waals surface area (Å²) in [6, 6.07) is 1.04. The normalized spacial score (nSPS) is 25.4. The minimum atomic E-state index is 0.404. The molecule has 6 heteroatoms. The maximum atomic E-state index is 5.94. The summed E-state index contributed by atoms with van der Waals surface area (Å²) in [7, 11) is 0. The molecule has 1 saturated carbocycles. The molecule has 2 N–H and O–H groups in total. The van der Waals surface area contributed by atoms with Gasteiger partial charge in [-0.05, 0) is 43.8 Å². The van der Waals surface area contributed by atoms with Crippen LogP contribution in [-0.2, 0) is 6.54 Å². The van der Waals surface area contributed by atoms with Gasteiger partial charge in [0.25, 0.3) is 0 Å². The molecule has 0 amide bonds. The number of aromatic nitrogens is 2. The van der Waals surface area contributed by atoms with Crippen LogP contribution in [0.3, 0.4) is 0 Å². The highest BCUT2D eigenvalue weighted by Gasteiger charge is 2.24. The van der Waals surface area contributed by atoms with Crippen molar-refractivity contribution in [1.29, 1.82) is 0 Å². The summed E-state index contributed by atoms with van der Waals surface area (Å²) >= 11 is 7.27. The van der Waals surface area contributed by atoms with E-state index in [0.29, 0.717) is 16.6 Å². The van der Waals surface area contributed by atoms with Gasteiger partial charge >= 0.3 is 0 Å². The molecule has 0 unspecified atom stereocenters. The fraction of sp³-hybridized carbons (Fsp3) is 0.818. The maximum absolute atomic E-state index is 5.94. The van der Waals surface area contributed by atoms with Gasteiger partial charge in [0.05, 0.1) is 6.54 Å². The summed E-state index contributed by atoms with van der Waals surface area (Å²) < 4.78 is 0.529. The molecule has 1 heterocycles. The predicted octanol–water partition coefficient (Wildman–Crippen LogP) is 2.28. The maximum Gasteiger partial charge on any atom is 0.207 e. The van der Waals surface area contributed by atoms with E-state index < -0.39 is 0 Å². The van der Waals surface area contributed by atoms with Crippen molar-refractivity contribution in [3.63, 3.8) is 0 Å². The van der Waals surface area contributed by atoms with Crippen LogP contribution >= 0.6 is 22.9 Å². The van der Waals surface area contributed by atoms with Gasteiger partial charge in [0.15, 0.2) is 0 Å². The lowest BCUT2D eigenvalue weighted by atomic mass is 9.91. The third-order valence-corrected chi connectivity index (χ3v) is 4.45. The molecule has 1 aliphatic carbocycles. The molecule has 0 saturated heterocycles. The van der Waals surface area contributed by atoms with Gasteiger partial charge in [-0.15, -0.1) is 10.2 Å². The fourth-order valence-electron chi connectivity index (χ4n) is 2.44. The summed E-state index contributed by atoms with van der Waals surface area (Å²) in [6.45, 7) is 4.09. The van der Waals surface area contributed by atoms with Crippen LogP contribution in [0, 0.1) is 0 Å². The number of halogens is 1. The van der Waals surface area contributed by atoms with E-state index in [9.17, 15) is 0 Å². The summed E-state index contributed by atoms with van der Waals surface area (Å²) in [5.74, 6) is 0. The zero-order valence-corrected chi connectivity index (χ0v) is 11.7. The van der Waals surface area contributed by atoms with Crippen LogP contribution in [0.1, 0.15) is 37.6 Å². The molecule has 0 spiro atoms. The van der Waals surface area contributed by atoms with Crippen LogP contribution in [-0.4, -0.2) is 33.7 Å². The molecule has 1 aliphatic rings. The molecule has 1 aromatic heterocycles. The van der Waals surface area contributed by atoms with Crippen molar-refractivity contribution in [3.05, 3.63) is 9.47 Å². The van der Waals surface area contributed by atoms with Crippen molar-refractivity contribution in [3.8, 4) is 0 Å². The topological polar surface area (TPSA) is 55.0 Å². The number of nitrogens with zero attached hydrogens (tertiary/aromatic N) is 3. The van der Waals surface area contributed by atoms with E-state index in [1.807, 2.05) is 0 Å². The zero-order valence-electron chi connectivity index (χ0n) is 10.1. The first kappa shape index (κ1) is 13.2. The highest BCUT2D eigenvalue weighted by Crippen LogP contribution is 2.24. The third-order valence-electron chi connectivity index (χ3n) is 3.44. The molecule has 0 aromatic carbocycles. The lowest BCUT2D eigenvalue weighted by Gasteiger charge is -2.34. The van der Waals surface area contributed by atoms with Gasteiger partial charge in [0, 0.05) is 12.1 Å². The van der Waals surface area contributed by atoms with E-state index >= 15 is 0 Å². The third kappa shape index (κ3) is 3.61. The van der Waals surface area contributed by atoms with E-state index in [2.05, 4.69) is 22.0 Å². The number of hydrogen-bond donors (Lipinski definition) is 1. The molecule has 17 heavy (non-hydrogen) atoms. The summed E-state index contributed by atoms with van der Waals surface area (Å²) in [4.78, 5) is 2.46. The lowest BCUT2D eigenvalue weighted by Crippen LogP contribution is -2.40. The summed E-state index contributed by atoms with van der Waals surface area (Å²) in [5.41, 5.74) is 5.94. The summed E-state index contributed by atoms with van der Waals surface area (Å²) in [5, 5.41) is 8.94. The van der Waals surface area contributed by atoms with Crippen LogP contribution in [0.4, 0.5) is 0 Å². The molecule has 96 valence electrons. The van der Waals surface area contributed by atoms with Crippen molar-refractivity contribution in [2.45, 2.75) is 51.2 Å². The monoisotopic (exact) mass is 274 g/mol. The number of rotatable bonds is 4. The molecule has 2 rings (SSSR count). The predicted molar refractivity (Wildman–Crippen MR) is 71.2 cm³/mol. The van der Waals surface area contributed by atoms with E-state index in [-0.39, 0.29) is 0 Å². The van der Waals surface area contributed by atoms with E-state index in [0.717, 1.165) is 30.9 Å². The highest BCUT2D eigenvalue weighted by molar-refractivity contribution is 7.15. The molecular weight excluding hydrogens is 256 g/mol. The molecule has 1 aromatic rings. The molecule has 0 atom stereocenters. The molecule has 1 fully saturated rings. The van der Waals surface area contributed by atoms with Crippen molar-refractivity contribution < 1.29 is 0 Å². The molecule has 4 nitrogen and oxygen atoms in total. The van der Waals surface area contributed by atoms with Gasteiger partial charge in [-0.1, -0.05) is 18.3 Å². The standard InChI is InChI=1S/C11H19ClN4S/c1-2-16(7-10-14-15-11(12)17-10)9-5-3-8(13)4-6-9/h8-9H,2-7,13H2,1H3. The highest BCUT2D eigenvalue weighted by atomic mass is 35.5. The first-order valence-electron chi connectivity index (χ1n) is 6.16. The van der Waals surface area contributed by atoms with Crippen LogP contribution in [0.2, 0.25) is 4.47 Å². The van der Waals surface area contributed by atoms with Crippen LogP contribution in [0.25, 0.3) is 0 Å². The van der Waals surface area contributed by atoms with E-state index in [4.69, 9.17) is 17.3 Å². The smallest absolute Gasteiger partial charge is 0.207 e. The summed E-state index contributed by atoms with van der Waals surface area (Å²) in [6.07, 6.45) is 4.67. The largest absolute Gasteiger partial charge is 0.328 e. The minimum absolute atomic E-state index is 0.404. The van der Waals surface area contributed by atoms with Gasteiger partial charge in [-0.3, -0.25) is 4.90 Å². The van der Waals surface area contributed by atoms with Crippen LogP contribution in [0.5, 0.6) is 0 Å². The Labute approximate surface area is 111 Å². The Morgan fingerprint density at radius 3 is 2.59 bits per heavy atom. The van der Waals surface area contributed by atoms with Gasteiger partial charge < -0.3 is 5.73 Å². The Morgan fingerprint density at radius 1 is 1.35 bits per heavy atom. The Hall–Kier alpha value is -0.230. The SMILES string of the molecule is CCN(Cc1nnc(Cl)s1)C1CCC(N)CC1. The molecule has 0 radical (unpaired) electrons. The Bertz CT molecular complexity index is 349. The van der Waals surface area contributed by atoms with Gasteiger partial charge in [0.1, 0.15) is 5.01 Å². The van der Waals surface area contributed by atoms with E-state index in [1.165, 1.54) is 24.2 Å². The quantitative estimate of drug-likeness (QED) is 0.915. The van der Waals surface area contributed by atoms with Crippen molar-refractivity contribution in [2.75, 3.05) is 6.54 Å². The Balaban J connectivity index is 1.92. The zero-order chi connectivity index (χ0) is 12.3. The Morgan fingerprint density at radius 2 is 2.06 bits per heavy atom. The minimum Gasteiger partial charge on any atom is -0.328 e. The number of nitrogens with two attached hydrogens (primary N) is 1. The van der Waals surface area contributed by atoms with Crippen LogP contribution < -0.4 is 5.73 Å². The number of hydrogen-bond acceptors (Lipinski definition) is 5. The second-order valence-electron chi connectivity index (χ2n) is 4.58. The first-order valence-corrected chi connectivity index (χ1v) is 7.36. The average Bonchev–Trinajstić information content (AvgIpc) is 2.73. The molecule has 0 aliphatic heterocycles. The molecular formula is C11H19ClN4S.